The van der Waals surface area contributed by atoms with Gasteiger partial charge in [-0.15, -0.1) is 0 Å². The van der Waals surface area contributed by atoms with Crippen LogP contribution in [0.15, 0.2) is 58.4 Å². The lowest BCUT2D eigenvalue weighted by Gasteiger charge is -2.56. The molecule has 21 heteroatoms. The average molecular weight is 1200 g/mol. The van der Waals surface area contributed by atoms with Crippen LogP contribution >= 0.6 is 0 Å². The third-order valence-corrected chi connectivity index (χ3v) is 20.7. The summed E-state index contributed by atoms with van der Waals surface area (Å²) >= 11 is 0. The molecule has 2 bridgehead atoms. The number of hydrogen-bond acceptors (Lipinski definition) is 20. The van der Waals surface area contributed by atoms with E-state index < -0.39 is 150 Å². The molecule has 9 rings (SSSR count). The van der Waals surface area contributed by atoms with Crippen LogP contribution in [0.1, 0.15) is 134 Å². The predicted octanol–water partition coefficient (Wildman–Crippen LogP) is 6.49. The summed E-state index contributed by atoms with van der Waals surface area (Å²) in [5.41, 5.74) is 4.73. The first-order valence-electron chi connectivity index (χ1n) is 30.9. The molecule has 0 radical (unpaired) electrons. The number of hydrogen-bond donors (Lipinski definition) is 6. The molecule has 2 saturated carbocycles. The Morgan fingerprint density at radius 3 is 2.08 bits per heavy atom. The van der Waals surface area contributed by atoms with Crippen LogP contribution in [0.3, 0.4) is 0 Å². The topological polar surface area (TPSA) is 289 Å². The Morgan fingerprint density at radius 2 is 1.42 bits per heavy atom. The summed E-state index contributed by atoms with van der Waals surface area (Å²) in [6, 6.07) is -0.607. The zero-order chi connectivity index (χ0) is 61.9. The number of nitrogens with one attached hydrogen (secondary N) is 1. The van der Waals surface area contributed by atoms with Gasteiger partial charge in [-0.3, -0.25) is 9.59 Å². The van der Waals surface area contributed by atoms with Gasteiger partial charge >= 0.3 is 18.0 Å². The van der Waals surface area contributed by atoms with Crippen LogP contribution in [0, 0.1) is 52.8 Å². The van der Waals surface area contributed by atoms with Crippen LogP contribution in [-0.4, -0.2) is 174 Å². The van der Waals surface area contributed by atoms with Crippen LogP contribution in [-0.2, 0) is 66.5 Å². The standard InChI is InChI=1S/C64H96N2O19/c1-29-15-18-46(82-50-27-62(11,65)57(37(9)80-50)66-61(74)76-14)30(2)20-40-22-39(28-77-38(10)67)34(6)26-64(40)59(72)51(60(73)85-64)58(71)63(12)43(29)17-16-42-52(63)31(3)19-32(4)54(42)84-49-25-47(53(70)35(7)78-49)83-48-24-45(69)56(36(8)79-48)81-41-21-33(5)55(75-13)44(68)23-41/h15-17,20,22,31-37,40-50,52-57,68-71H,18-19,21,23-28,65H2,1-14H3,(H,66,74)/b29-15+,30-20+,58-51?/t31-,32-,33+,34+,35-,36-,37+,40+,41-,42-,43-,44+,45+,46-,47+,48+,49+,50-,52+,53-,54-,55-,56-,57-,62-,63+,64-/m0/s1. The van der Waals surface area contributed by atoms with Gasteiger partial charge < -0.3 is 83.6 Å². The second-order valence-electron chi connectivity index (χ2n) is 27.0. The zero-order valence-electron chi connectivity index (χ0n) is 52.1. The largest absolute Gasteiger partial charge is 0.511 e. The Bertz CT molecular complexity index is 2610. The Morgan fingerprint density at radius 1 is 0.753 bits per heavy atom. The second kappa shape index (κ2) is 25.8. The van der Waals surface area contributed by atoms with E-state index in [0.717, 1.165) is 11.1 Å². The van der Waals surface area contributed by atoms with Gasteiger partial charge in [-0.25, -0.2) is 9.59 Å². The first kappa shape index (κ1) is 65.3. The van der Waals surface area contributed by atoms with Crippen molar-refractivity contribution in [2.24, 2.45) is 58.5 Å². The molecule has 4 saturated heterocycles. The number of nitrogens with two attached hydrogens (primary N) is 1. The van der Waals surface area contributed by atoms with Crippen molar-refractivity contribution < 1.29 is 91.7 Å². The fraction of sp³-hybridized carbons (Fsp3) is 0.781. The number of aliphatic hydroxyl groups excluding tert-OH is 4. The molecular weight excluding hydrogens is 1100 g/mol. The second-order valence-corrected chi connectivity index (χ2v) is 27.0. The monoisotopic (exact) mass is 1200 g/mol. The number of carbonyl (C=O) groups excluding carboxylic acids is 4. The Hall–Kier alpha value is -4.10. The molecule has 4 aliphatic heterocycles. The summed E-state index contributed by atoms with van der Waals surface area (Å²) in [7, 11) is 2.87. The third kappa shape index (κ3) is 12.9. The predicted molar refractivity (Wildman–Crippen MR) is 308 cm³/mol. The van der Waals surface area contributed by atoms with Gasteiger partial charge in [0, 0.05) is 74.8 Å². The lowest BCUT2D eigenvalue weighted by molar-refractivity contribution is -0.321. The lowest BCUT2D eigenvalue weighted by Crippen LogP contribution is -2.66. The van der Waals surface area contributed by atoms with Gasteiger partial charge in [0.2, 0.25) is 5.78 Å². The summed E-state index contributed by atoms with van der Waals surface area (Å²) in [5, 5.41) is 50.0. The molecule has 27 atom stereocenters. The fourth-order valence-corrected chi connectivity index (χ4v) is 16.4. The minimum atomic E-state index is -1.78. The van der Waals surface area contributed by atoms with Crippen molar-refractivity contribution in [3.8, 4) is 0 Å². The number of amides is 1. The number of ether oxygens (including phenoxy) is 11. The third-order valence-electron chi connectivity index (χ3n) is 20.7. The smallest absolute Gasteiger partial charge is 0.407 e. The van der Waals surface area contributed by atoms with E-state index >= 15 is 4.79 Å². The molecule has 6 fully saturated rings. The van der Waals surface area contributed by atoms with Gasteiger partial charge in [-0.05, 0) is 102 Å². The van der Waals surface area contributed by atoms with E-state index in [9.17, 15) is 34.8 Å². The number of rotatable bonds is 12. The maximum Gasteiger partial charge on any atom is 0.407 e. The van der Waals surface area contributed by atoms with Gasteiger partial charge in [0.05, 0.1) is 74.2 Å². The molecule has 0 aromatic heterocycles. The summed E-state index contributed by atoms with van der Waals surface area (Å²) in [6.45, 7) is 22.4. The van der Waals surface area contributed by atoms with Crippen LogP contribution in [0.25, 0.3) is 0 Å². The molecule has 9 aliphatic rings. The molecule has 5 aliphatic carbocycles. The van der Waals surface area contributed by atoms with Crippen molar-refractivity contribution in [2.45, 2.75) is 244 Å². The number of allylic oxidation sites excluding steroid dienone is 3. The highest BCUT2D eigenvalue weighted by atomic mass is 16.7. The maximum absolute atomic E-state index is 15.7. The van der Waals surface area contributed by atoms with Crippen molar-refractivity contribution in [2.75, 3.05) is 20.8 Å². The molecule has 1 amide bonds. The molecular formula is C64H96N2O19. The molecule has 476 valence electrons. The van der Waals surface area contributed by atoms with E-state index in [0.29, 0.717) is 31.3 Å². The van der Waals surface area contributed by atoms with E-state index in [1.54, 1.807) is 21.0 Å². The number of ketones is 1. The molecule has 0 aromatic carbocycles. The highest BCUT2D eigenvalue weighted by Gasteiger charge is 2.64. The van der Waals surface area contributed by atoms with Crippen LogP contribution < -0.4 is 11.1 Å². The normalized spacial score (nSPS) is 48.0. The molecule has 7 N–H and O–H groups in total. The molecule has 0 aromatic rings. The van der Waals surface area contributed by atoms with Crippen LogP contribution in [0.2, 0.25) is 0 Å². The van der Waals surface area contributed by atoms with Crippen LogP contribution in [0.4, 0.5) is 4.79 Å². The number of fused-ring (bicyclic) bond motifs is 4. The molecule has 0 unspecified atom stereocenters. The van der Waals surface area contributed by atoms with Crippen molar-refractivity contribution in [1.29, 1.82) is 0 Å². The van der Waals surface area contributed by atoms with E-state index in [-0.39, 0.29) is 79.8 Å². The SMILES string of the molecule is COC(=O)N[C@H]1[C@@H](C)O[C@@H](O[C@H]2C/C=C(\C)[C@@H]3C=C[C@@H]4[C@@H](O[C@@H]5C[C@@H](O[C@@H]6C[C@@H](O)[C@@H](O[C@H]7C[C@@H](C)[C@H](OC)[C@H](O)C7)[C@H](C)O6)[C@@H](O)[C@H](C)O5)[C@@H](C)C[C@H](C)[C@H]4[C@]3(C)C(O)=C3C(=O)O[C@]4(C[C@@H](C)C(COC(C)=O)=C[C@H]4/C=C/2C)C3=O)C[C@]1(C)N. The van der Waals surface area contributed by atoms with Gasteiger partial charge in [0.25, 0.3) is 0 Å². The highest BCUT2D eigenvalue weighted by Crippen LogP contribution is 2.61. The van der Waals surface area contributed by atoms with Crippen molar-refractivity contribution in [1.82, 2.24) is 5.32 Å². The van der Waals surface area contributed by atoms with Gasteiger partial charge in [0.1, 0.15) is 30.1 Å². The summed E-state index contributed by atoms with van der Waals surface area (Å²) in [4.78, 5) is 55.1. The molecule has 1 spiro atoms. The van der Waals surface area contributed by atoms with E-state index in [1.165, 1.54) is 14.0 Å². The van der Waals surface area contributed by atoms with Gasteiger partial charge in [0.15, 0.2) is 24.5 Å². The number of methoxy groups -OCH3 is 2. The number of alkyl carbamates (subject to hydrolysis) is 1. The van der Waals surface area contributed by atoms with E-state index in [4.69, 9.17) is 57.8 Å². The van der Waals surface area contributed by atoms with Crippen molar-refractivity contribution in [3.63, 3.8) is 0 Å². The lowest BCUT2D eigenvalue weighted by atomic mass is 9.49. The molecule has 21 nitrogen and oxygen atoms in total. The summed E-state index contributed by atoms with van der Waals surface area (Å²) in [5.74, 6) is -5.11. The Balaban J connectivity index is 1.02. The number of aliphatic hydroxyl groups is 4. The van der Waals surface area contributed by atoms with Crippen molar-refractivity contribution >= 4 is 23.8 Å². The van der Waals surface area contributed by atoms with E-state index in [1.807, 2.05) is 60.6 Å². The first-order valence-corrected chi connectivity index (χ1v) is 30.9. The van der Waals surface area contributed by atoms with Crippen LogP contribution in [0.5, 0.6) is 0 Å². The highest BCUT2D eigenvalue weighted by molar-refractivity contribution is 6.26. The van der Waals surface area contributed by atoms with Gasteiger partial charge in [-0.1, -0.05) is 70.6 Å². The zero-order valence-corrected chi connectivity index (χ0v) is 52.1. The molecule has 85 heavy (non-hydrogen) atoms. The molecule has 4 heterocycles. The summed E-state index contributed by atoms with van der Waals surface area (Å²) in [6.07, 6.45) is 1.30. The first-order chi connectivity index (χ1) is 40.0. The summed E-state index contributed by atoms with van der Waals surface area (Å²) < 4.78 is 68.5. The minimum Gasteiger partial charge on any atom is -0.511 e. The number of carbonyl (C=O) groups is 4. The van der Waals surface area contributed by atoms with E-state index in [2.05, 4.69) is 37.4 Å². The minimum absolute atomic E-state index is 0.0376. The average Bonchev–Trinajstić information content (AvgIpc) is 1.71. The Labute approximate surface area is 500 Å². The number of Topliss-reactive ketones (excluding diaryl/α,β-unsaturated/α-hetero) is 1. The van der Waals surface area contributed by atoms with Crippen molar-refractivity contribution in [3.05, 3.63) is 58.4 Å². The fourth-order valence-electron chi connectivity index (χ4n) is 16.4. The number of esters is 2. The quantitative estimate of drug-likeness (QED) is 0.0527. The van der Waals surface area contributed by atoms with Gasteiger partial charge in [-0.2, -0.15) is 0 Å². The Kier molecular flexibility index (Phi) is 19.8. The maximum atomic E-state index is 15.7.